The van der Waals surface area contributed by atoms with Gasteiger partial charge in [0, 0.05) is 12.3 Å². The molecule has 1 heterocycles. The van der Waals surface area contributed by atoms with Gasteiger partial charge in [-0.25, -0.2) is 4.39 Å². The highest BCUT2D eigenvalue weighted by atomic mass is 19.1. The molecule has 0 atom stereocenters. The van der Waals surface area contributed by atoms with Gasteiger partial charge >= 0.3 is 0 Å². The number of aromatic nitrogens is 1. The third-order valence-electron chi connectivity index (χ3n) is 2.58. The average molecular weight is 260 g/mol. The first kappa shape index (κ1) is 13.0. The molecular formula is C14H13FN2O2. The van der Waals surface area contributed by atoms with E-state index in [-0.39, 0.29) is 12.1 Å². The molecule has 0 saturated heterocycles. The van der Waals surface area contributed by atoms with Crippen molar-refractivity contribution >= 4 is 5.91 Å². The molecule has 2 rings (SSSR count). The smallest absolute Gasteiger partial charge is 0.254 e. The standard InChI is InChI=1S/C14H13FN2O2/c1-19-11-5-6-12(13(15)8-11)14(18)17-9-10-4-2-3-7-16-10/h2-8H,9H2,1H3,(H,17,18). The van der Waals surface area contributed by atoms with Gasteiger partial charge in [0.2, 0.25) is 0 Å². The van der Waals surface area contributed by atoms with E-state index in [9.17, 15) is 9.18 Å². The van der Waals surface area contributed by atoms with Crippen LogP contribution in [0, 0.1) is 5.82 Å². The number of rotatable bonds is 4. The van der Waals surface area contributed by atoms with Crippen molar-refractivity contribution in [3.8, 4) is 5.75 Å². The molecule has 0 spiro atoms. The summed E-state index contributed by atoms with van der Waals surface area (Å²) in [7, 11) is 1.44. The van der Waals surface area contributed by atoms with E-state index in [1.54, 1.807) is 24.4 Å². The van der Waals surface area contributed by atoms with Crippen LogP contribution in [0.4, 0.5) is 4.39 Å². The first-order valence-corrected chi connectivity index (χ1v) is 5.72. The Bertz CT molecular complexity index is 573. The van der Waals surface area contributed by atoms with Crippen LogP contribution in [0.5, 0.6) is 5.75 Å². The van der Waals surface area contributed by atoms with Crippen LogP contribution in [0.2, 0.25) is 0 Å². The van der Waals surface area contributed by atoms with Gasteiger partial charge in [-0.2, -0.15) is 0 Å². The maximum Gasteiger partial charge on any atom is 0.254 e. The van der Waals surface area contributed by atoms with Crippen molar-refractivity contribution in [1.29, 1.82) is 0 Å². The molecule has 0 saturated carbocycles. The minimum atomic E-state index is -0.613. The number of ether oxygens (including phenoxy) is 1. The predicted molar refractivity (Wildman–Crippen MR) is 68.4 cm³/mol. The van der Waals surface area contributed by atoms with Gasteiger partial charge in [0.1, 0.15) is 11.6 Å². The molecule has 1 aromatic carbocycles. The fourth-order valence-corrected chi connectivity index (χ4v) is 1.58. The number of halogens is 1. The van der Waals surface area contributed by atoms with Crippen LogP contribution < -0.4 is 10.1 Å². The summed E-state index contributed by atoms with van der Waals surface area (Å²) in [5.74, 6) is -0.720. The molecule has 1 amide bonds. The number of hydrogen-bond acceptors (Lipinski definition) is 3. The minimum Gasteiger partial charge on any atom is -0.497 e. The van der Waals surface area contributed by atoms with Gasteiger partial charge < -0.3 is 10.1 Å². The highest BCUT2D eigenvalue weighted by Gasteiger charge is 2.12. The quantitative estimate of drug-likeness (QED) is 0.916. The number of pyridine rings is 1. The number of nitrogens with one attached hydrogen (secondary N) is 1. The molecule has 0 bridgehead atoms. The van der Waals surface area contributed by atoms with Crippen LogP contribution in [0.3, 0.4) is 0 Å². The summed E-state index contributed by atoms with van der Waals surface area (Å²) < 4.78 is 18.5. The lowest BCUT2D eigenvalue weighted by Crippen LogP contribution is -2.24. The maximum absolute atomic E-state index is 13.7. The molecule has 5 heteroatoms. The van der Waals surface area contributed by atoms with Gasteiger partial charge in [-0.15, -0.1) is 0 Å². The molecule has 0 aliphatic heterocycles. The van der Waals surface area contributed by atoms with Crippen molar-refractivity contribution < 1.29 is 13.9 Å². The van der Waals surface area contributed by atoms with Crippen LogP contribution in [0.1, 0.15) is 16.1 Å². The predicted octanol–water partition coefficient (Wildman–Crippen LogP) is 2.16. The van der Waals surface area contributed by atoms with E-state index in [1.807, 2.05) is 6.07 Å². The number of carbonyl (C=O) groups excluding carboxylic acids is 1. The molecule has 19 heavy (non-hydrogen) atoms. The van der Waals surface area contributed by atoms with Gasteiger partial charge in [-0.1, -0.05) is 6.07 Å². The first-order valence-electron chi connectivity index (χ1n) is 5.72. The Balaban J connectivity index is 2.04. The topological polar surface area (TPSA) is 51.2 Å². The van der Waals surface area contributed by atoms with Gasteiger partial charge in [-0.05, 0) is 24.3 Å². The summed E-state index contributed by atoms with van der Waals surface area (Å²) in [6.07, 6.45) is 1.63. The van der Waals surface area contributed by atoms with Crippen molar-refractivity contribution in [2.75, 3.05) is 7.11 Å². The van der Waals surface area contributed by atoms with E-state index in [0.717, 1.165) is 0 Å². The molecule has 0 fully saturated rings. The lowest BCUT2D eigenvalue weighted by atomic mass is 10.2. The Kier molecular flexibility index (Phi) is 4.07. The zero-order valence-corrected chi connectivity index (χ0v) is 10.4. The summed E-state index contributed by atoms with van der Waals surface area (Å²) in [6.45, 7) is 0.255. The monoisotopic (exact) mass is 260 g/mol. The summed E-state index contributed by atoms with van der Waals surface area (Å²) in [6, 6.07) is 9.50. The number of benzene rings is 1. The molecule has 2 aromatic rings. The van der Waals surface area contributed by atoms with Crippen LogP contribution >= 0.6 is 0 Å². The van der Waals surface area contributed by atoms with Crippen molar-refractivity contribution in [2.45, 2.75) is 6.54 Å². The van der Waals surface area contributed by atoms with E-state index >= 15 is 0 Å². The zero-order valence-electron chi connectivity index (χ0n) is 10.4. The van der Waals surface area contributed by atoms with Crippen LogP contribution in [0.15, 0.2) is 42.6 Å². The highest BCUT2D eigenvalue weighted by molar-refractivity contribution is 5.94. The van der Waals surface area contributed by atoms with E-state index < -0.39 is 11.7 Å². The van der Waals surface area contributed by atoms with E-state index in [1.165, 1.54) is 19.2 Å². The van der Waals surface area contributed by atoms with E-state index in [2.05, 4.69) is 10.3 Å². The minimum absolute atomic E-state index is 0.0169. The van der Waals surface area contributed by atoms with Gasteiger partial charge in [0.05, 0.1) is 24.9 Å². The molecule has 4 nitrogen and oxygen atoms in total. The number of hydrogen-bond donors (Lipinski definition) is 1. The normalized spacial score (nSPS) is 10.0. The Morgan fingerprint density at radius 1 is 1.37 bits per heavy atom. The van der Waals surface area contributed by atoms with Crippen molar-refractivity contribution in [3.63, 3.8) is 0 Å². The second-order valence-electron chi connectivity index (χ2n) is 3.85. The maximum atomic E-state index is 13.7. The molecular weight excluding hydrogens is 247 g/mol. The van der Waals surface area contributed by atoms with Gasteiger partial charge in [0.25, 0.3) is 5.91 Å². The third kappa shape index (κ3) is 3.28. The summed E-state index contributed by atoms with van der Waals surface area (Å²) in [5, 5.41) is 2.61. The Morgan fingerprint density at radius 2 is 2.21 bits per heavy atom. The van der Waals surface area contributed by atoms with E-state index in [0.29, 0.717) is 11.4 Å². The van der Waals surface area contributed by atoms with Gasteiger partial charge in [0.15, 0.2) is 0 Å². The van der Waals surface area contributed by atoms with Crippen LogP contribution in [0.25, 0.3) is 0 Å². The summed E-state index contributed by atoms with van der Waals surface area (Å²) >= 11 is 0. The Morgan fingerprint density at radius 3 is 2.84 bits per heavy atom. The van der Waals surface area contributed by atoms with Crippen molar-refractivity contribution in [1.82, 2.24) is 10.3 Å². The van der Waals surface area contributed by atoms with Gasteiger partial charge in [-0.3, -0.25) is 9.78 Å². The Hall–Kier alpha value is -2.43. The SMILES string of the molecule is COc1ccc(C(=O)NCc2ccccn2)c(F)c1. The van der Waals surface area contributed by atoms with Crippen molar-refractivity contribution in [3.05, 3.63) is 59.7 Å². The summed E-state index contributed by atoms with van der Waals surface area (Å²) in [5.41, 5.74) is 0.696. The first-order chi connectivity index (χ1) is 9.20. The Labute approximate surface area is 110 Å². The second-order valence-corrected chi connectivity index (χ2v) is 3.85. The third-order valence-corrected chi connectivity index (χ3v) is 2.58. The molecule has 0 unspecified atom stereocenters. The largest absolute Gasteiger partial charge is 0.497 e. The highest BCUT2D eigenvalue weighted by Crippen LogP contribution is 2.16. The molecule has 0 aliphatic rings. The van der Waals surface area contributed by atoms with Crippen LogP contribution in [-0.4, -0.2) is 18.0 Å². The molecule has 1 N–H and O–H groups in total. The second kappa shape index (κ2) is 5.95. The summed E-state index contributed by atoms with van der Waals surface area (Å²) in [4.78, 5) is 15.9. The molecule has 98 valence electrons. The fourth-order valence-electron chi connectivity index (χ4n) is 1.58. The number of carbonyl (C=O) groups is 1. The molecule has 1 aromatic heterocycles. The lowest BCUT2D eigenvalue weighted by molar-refractivity contribution is 0.0946. The van der Waals surface area contributed by atoms with E-state index in [4.69, 9.17) is 4.74 Å². The van der Waals surface area contributed by atoms with Crippen LogP contribution in [-0.2, 0) is 6.54 Å². The van der Waals surface area contributed by atoms with Crippen molar-refractivity contribution in [2.24, 2.45) is 0 Å². The number of nitrogens with zero attached hydrogens (tertiary/aromatic N) is 1. The molecule has 0 aliphatic carbocycles. The fraction of sp³-hybridized carbons (Fsp3) is 0.143. The number of amides is 1. The number of methoxy groups -OCH3 is 1. The zero-order chi connectivity index (χ0) is 13.7. The lowest BCUT2D eigenvalue weighted by Gasteiger charge is -2.07. The molecule has 0 radical (unpaired) electrons. The average Bonchev–Trinajstić information content (AvgIpc) is 2.45.